The molecular weight excluding hydrogens is 409 g/mol. The van der Waals surface area contributed by atoms with Crippen molar-refractivity contribution in [2.45, 2.75) is 25.9 Å². The van der Waals surface area contributed by atoms with E-state index in [0.717, 1.165) is 11.4 Å². The molecule has 1 amide bonds. The van der Waals surface area contributed by atoms with E-state index in [1.165, 1.54) is 35.6 Å². The van der Waals surface area contributed by atoms with E-state index in [1.807, 2.05) is 6.92 Å². The molecule has 3 aromatic rings. The first kappa shape index (κ1) is 20.5. The number of carbonyl (C=O) groups excluding carboxylic acids is 1. The Bertz CT molecular complexity index is 1060. The summed E-state index contributed by atoms with van der Waals surface area (Å²) in [6, 6.07) is 5.56. The molecule has 0 fully saturated rings. The lowest BCUT2D eigenvalue weighted by Gasteiger charge is -2.13. The zero-order chi connectivity index (χ0) is 21.2. The summed E-state index contributed by atoms with van der Waals surface area (Å²) in [7, 11) is 0. The number of carbonyl (C=O) groups is 2. The van der Waals surface area contributed by atoms with Gasteiger partial charge in [-0.3, -0.25) is 4.79 Å². The van der Waals surface area contributed by atoms with E-state index in [0.29, 0.717) is 16.6 Å². The molecule has 0 bridgehead atoms. The summed E-state index contributed by atoms with van der Waals surface area (Å²) >= 11 is 1.45. The number of nitrogens with one attached hydrogen (secondary N) is 1. The average molecular weight is 424 g/mol. The third kappa shape index (κ3) is 4.62. The Labute approximate surface area is 166 Å². The zero-order valence-corrected chi connectivity index (χ0v) is 15.8. The number of benzene rings is 1. The van der Waals surface area contributed by atoms with Crippen molar-refractivity contribution in [3.63, 3.8) is 0 Å². The Morgan fingerprint density at radius 2 is 2.07 bits per heavy atom. The highest BCUT2D eigenvalue weighted by Gasteiger charge is 2.40. The lowest BCUT2D eigenvalue weighted by Crippen LogP contribution is -2.18. The van der Waals surface area contributed by atoms with Gasteiger partial charge in [-0.15, -0.1) is 11.3 Å². The third-order valence-electron chi connectivity index (χ3n) is 3.89. The molecule has 2 heterocycles. The zero-order valence-electron chi connectivity index (χ0n) is 15.0. The largest absolute Gasteiger partial charge is 0.478 e. The highest BCUT2D eigenvalue weighted by molar-refractivity contribution is 7.09. The van der Waals surface area contributed by atoms with Crippen LogP contribution in [0.4, 0.5) is 18.9 Å². The Morgan fingerprint density at radius 1 is 1.31 bits per heavy atom. The number of nitrogens with zero attached hydrogens (tertiary/aromatic N) is 3. The fraction of sp³-hybridized carbons (Fsp3) is 0.222. The Hall–Kier alpha value is -3.21. The number of alkyl halides is 3. The lowest BCUT2D eigenvalue weighted by atomic mass is 10.2. The van der Waals surface area contributed by atoms with Gasteiger partial charge in [0.2, 0.25) is 5.91 Å². The highest BCUT2D eigenvalue weighted by atomic mass is 32.1. The molecule has 0 spiro atoms. The number of rotatable bonds is 6. The normalized spacial score (nSPS) is 11.4. The summed E-state index contributed by atoms with van der Waals surface area (Å²) in [6.07, 6.45) is -3.49. The molecule has 0 aliphatic carbocycles. The van der Waals surface area contributed by atoms with Crippen molar-refractivity contribution in [3.8, 4) is 5.69 Å². The summed E-state index contributed by atoms with van der Waals surface area (Å²) in [5, 5.41) is 17.9. The van der Waals surface area contributed by atoms with Crippen molar-refractivity contribution < 1.29 is 27.9 Å². The van der Waals surface area contributed by atoms with Gasteiger partial charge in [-0.2, -0.15) is 18.3 Å². The number of aryl methyl sites for hydroxylation is 1. The SMILES string of the molecule is CCc1nc(CC(=O)Nc2cccc(-n3ncc(C(=O)O)c3C(F)(F)F)c2)cs1. The molecule has 0 unspecified atom stereocenters. The quantitative estimate of drug-likeness (QED) is 0.628. The highest BCUT2D eigenvalue weighted by Crippen LogP contribution is 2.34. The van der Waals surface area contributed by atoms with Crippen molar-refractivity contribution in [1.29, 1.82) is 0 Å². The predicted octanol–water partition coefficient (Wildman–Crippen LogP) is 3.79. The summed E-state index contributed by atoms with van der Waals surface area (Å²) < 4.78 is 40.6. The molecule has 1 aromatic carbocycles. The average Bonchev–Trinajstić information content (AvgIpc) is 3.28. The van der Waals surface area contributed by atoms with Gasteiger partial charge in [0, 0.05) is 11.1 Å². The second kappa shape index (κ2) is 8.03. The Morgan fingerprint density at radius 3 is 2.69 bits per heavy atom. The number of thiazole rings is 1. The van der Waals surface area contributed by atoms with Crippen LogP contribution in [0.15, 0.2) is 35.8 Å². The molecule has 0 aliphatic heterocycles. The lowest BCUT2D eigenvalue weighted by molar-refractivity contribution is -0.143. The van der Waals surface area contributed by atoms with Gasteiger partial charge in [-0.05, 0) is 24.6 Å². The smallest absolute Gasteiger partial charge is 0.434 e. The van der Waals surface area contributed by atoms with Crippen LogP contribution in [0.25, 0.3) is 5.69 Å². The van der Waals surface area contributed by atoms with E-state index in [4.69, 9.17) is 5.11 Å². The number of aromatic nitrogens is 3. The number of hydrogen-bond acceptors (Lipinski definition) is 5. The first-order chi connectivity index (χ1) is 13.7. The van der Waals surface area contributed by atoms with Crippen LogP contribution in [0.1, 0.15) is 33.7 Å². The van der Waals surface area contributed by atoms with Gasteiger partial charge in [0.15, 0.2) is 5.69 Å². The number of amides is 1. The molecule has 11 heteroatoms. The monoisotopic (exact) mass is 424 g/mol. The molecule has 152 valence electrons. The summed E-state index contributed by atoms with van der Waals surface area (Å²) in [4.78, 5) is 27.6. The maximum Gasteiger partial charge on any atom is 0.434 e. The minimum Gasteiger partial charge on any atom is -0.478 e. The van der Waals surface area contributed by atoms with Gasteiger partial charge in [-0.1, -0.05) is 13.0 Å². The molecule has 3 rings (SSSR count). The van der Waals surface area contributed by atoms with Crippen molar-refractivity contribution in [3.05, 3.63) is 57.8 Å². The molecule has 7 nitrogen and oxygen atoms in total. The van der Waals surface area contributed by atoms with E-state index in [9.17, 15) is 22.8 Å². The summed E-state index contributed by atoms with van der Waals surface area (Å²) in [5.74, 6) is -2.11. The minimum atomic E-state index is -4.93. The van der Waals surface area contributed by atoms with E-state index in [-0.39, 0.29) is 23.7 Å². The molecule has 0 aliphatic rings. The van der Waals surface area contributed by atoms with Crippen LogP contribution in [0, 0.1) is 0 Å². The van der Waals surface area contributed by atoms with Crippen LogP contribution < -0.4 is 5.32 Å². The molecule has 0 saturated carbocycles. The van der Waals surface area contributed by atoms with Crippen molar-refractivity contribution >= 4 is 28.9 Å². The number of carboxylic acid groups (broad SMARTS) is 1. The van der Waals surface area contributed by atoms with Crippen molar-refractivity contribution in [2.24, 2.45) is 0 Å². The van der Waals surface area contributed by atoms with E-state index in [2.05, 4.69) is 15.4 Å². The number of aromatic carboxylic acids is 1. The van der Waals surface area contributed by atoms with Gasteiger partial charge in [0.25, 0.3) is 0 Å². The molecule has 2 aromatic heterocycles. The molecular formula is C18H15F3N4O3S. The van der Waals surface area contributed by atoms with Crippen LogP contribution >= 0.6 is 11.3 Å². The Balaban J connectivity index is 1.85. The van der Waals surface area contributed by atoms with E-state index >= 15 is 0 Å². The number of hydrogen-bond donors (Lipinski definition) is 2. The van der Waals surface area contributed by atoms with Crippen LogP contribution in [0.3, 0.4) is 0 Å². The van der Waals surface area contributed by atoms with Gasteiger partial charge in [0.05, 0.1) is 29.0 Å². The summed E-state index contributed by atoms with van der Waals surface area (Å²) in [6.45, 7) is 1.95. The molecule has 0 radical (unpaired) electrons. The number of carboxylic acids is 1. The first-order valence-corrected chi connectivity index (χ1v) is 9.29. The van der Waals surface area contributed by atoms with E-state index < -0.39 is 23.4 Å². The third-order valence-corrected chi connectivity index (χ3v) is 4.93. The van der Waals surface area contributed by atoms with Crippen LogP contribution in [-0.4, -0.2) is 31.7 Å². The second-order valence-electron chi connectivity index (χ2n) is 5.98. The number of halogens is 3. The van der Waals surface area contributed by atoms with Gasteiger partial charge in [-0.25, -0.2) is 14.5 Å². The van der Waals surface area contributed by atoms with Crippen LogP contribution in [0.5, 0.6) is 0 Å². The van der Waals surface area contributed by atoms with Gasteiger partial charge in [0.1, 0.15) is 5.56 Å². The fourth-order valence-corrected chi connectivity index (χ4v) is 3.40. The first-order valence-electron chi connectivity index (χ1n) is 8.41. The molecule has 2 N–H and O–H groups in total. The topological polar surface area (TPSA) is 97.1 Å². The standard InChI is InChI=1S/C18H15F3N4O3S/c1-2-15-24-11(9-29-15)7-14(26)23-10-4-3-5-12(6-10)25-16(18(19,20)21)13(8-22-25)17(27)28/h3-6,8-9H,2,7H2,1H3,(H,23,26)(H,27,28). The molecule has 0 saturated heterocycles. The maximum absolute atomic E-state index is 13.4. The van der Waals surface area contributed by atoms with Crippen molar-refractivity contribution in [1.82, 2.24) is 14.8 Å². The van der Waals surface area contributed by atoms with Gasteiger partial charge < -0.3 is 10.4 Å². The fourth-order valence-electron chi connectivity index (χ4n) is 2.65. The summed E-state index contributed by atoms with van der Waals surface area (Å²) in [5.41, 5.74) is -1.54. The van der Waals surface area contributed by atoms with Crippen LogP contribution in [0.2, 0.25) is 0 Å². The maximum atomic E-state index is 13.4. The van der Waals surface area contributed by atoms with Crippen LogP contribution in [-0.2, 0) is 23.8 Å². The molecule has 0 atom stereocenters. The van der Waals surface area contributed by atoms with Crippen molar-refractivity contribution in [2.75, 3.05) is 5.32 Å². The number of anilines is 1. The van der Waals surface area contributed by atoms with Gasteiger partial charge >= 0.3 is 12.1 Å². The Kier molecular flexibility index (Phi) is 5.69. The predicted molar refractivity (Wildman–Crippen MR) is 99.4 cm³/mol. The minimum absolute atomic E-state index is 0.0272. The van der Waals surface area contributed by atoms with E-state index in [1.54, 1.807) is 5.38 Å². The molecule has 29 heavy (non-hydrogen) atoms. The second-order valence-corrected chi connectivity index (χ2v) is 6.93.